The van der Waals surface area contributed by atoms with Gasteiger partial charge >= 0.3 is 11.8 Å². The van der Waals surface area contributed by atoms with Crippen molar-refractivity contribution in [2.45, 2.75) is 32.8 Å². The zero-order valence-corrected chi connectivity index (χ0v) is 14.5. The first-order valence-corrected chi connectivity index (χ1v) is 8.32. The first-order valence-electron chi connectivity index (χ1n) is 8.32. The average Bonchev–Trinajstić information content (AvgIpc) is 2.94. The van der Waals surface area contributed by atoms with Gasteiger partial charge in [0.15, 0.2) is 0 Å². The van der Waals surface area contributed by atoms with Crippen molar-refractivity contribution in [1.82, 2.24) is 10.6 Å². The van der Waals surface area contributed by atoms with Crippen LogP contribution < -0.4 is 10.6 Å². The highest BCUT2D eigenvalue weighted by atomic mass is 16.3. The fraction of sp³-hybridized carbons (Fsp3) is 0.368. The number of aliphatic hydroxyl groups excluding tert-OH is 1. The molecule has 6 nitrogen and oxygen atoms in total. The molecular weight excluding hydrogens is 320 g/mol. The van der Waals surface area contributed by atoms with Gasteiger partial charge in [-0.1, -0.05) is 30.3 Å². The number of rotatable bonds is 7. The van der Waals surface area contributed by atoms with Crippen LogP contribution in [0, 0.1) is 13.8 Å². The second kappa shape index (κ2) is 9.03. The smallest absolute Gasteiger partial charge is 0.309 e. The summed E-state index contributed by atoms with van der Waals surface area (Å²) in [5.74, 6) is 0.0319. The largest absolute Gasteiger partial charge is 0.466 e. The van der Waals surface area contributed by atoms with Gasteiger partial charge < -0.3 is 20.2 Å². The van der Waals surface area contributed by atoms with Crippen LogP contribution in [-0.2, 0) is 16.0 Å². The van der Waals surface area contributed by atoms with E-state index in [0.717, 1.165) is 11.3 Å². The topological polar surface area (TPSA) is 91.6 Å². The number of nitrogens with one attached hydrogen (secondary N) is 2. The van der Waals surface area contributed by atoms with E-state index in [1.807, 2.05) is 37.3 Å². The maximum Gasteiger partial charge on any atom is 0.309 e. The number of hydrogen-bond acceptors (Lipinski definition) is 4. The number of furan rings is 1. The van der Waals surface area contributed by atoms with Gasteiger partial charge in [0.2, 0.25) is 0 Å². The molecule has 1 heterocycles. The molecule has 1 aromatic carbocycles. The Balaban J connectivity index is 1.67. The normalized spacial score (nSPS) is 11.8. The quantitative estimate of drug-likeness (QED) is 0.668. The lowest BCUT2D eigenvalue weighted by Crippen LogP contribution is -2.41. The molecule has 0 aliphatic heterocycles. The highest BCUT2D eigenvalue weighted by Gasteiger charge is 2.16. The van der Waals surface area contributed by atoms with Crippen LogP contribution in [-0.4, -0.2) is 30.0 Å². The highest BCUT2D eigenvalue weighted by Crippen LogP contribution is 2.23. The van der Waals surface area contributed by atoms with Crippen molar-refractivity contribution >= 4 is 11.8 Å². The molecule has 0 spiro atoms. The molecule has 1 aromatic heterocycles. The fourth-order valence-corrected chi connectivity index (χ4v) is 2.58. The second-order valence-electron chi connectivity index (χ2n) is 5.92. The Morgan fingerprint density at radius 2 is 1.72 bits per heavy atom. The molecule has 134 valence electrons. The van der Waals surface area contributed by atoms with Crippen molar-refractivity contribution < 1.29 is 19.1 Å². The van der Waals surface area contributed by atoms with Gasteiger partial charge in [-0.3, -0.25) is 9.59 Å². The summed E-state index contributed by atoms with van der Waals surface area (Å²) in [6.07, 6.45) is 0.236. The predicted octanol–water partition coefficient (Wildman–Crippen LogP) is 1.80. The van der Waals surface area contributed by atoms with Crippen LogP contribution in [0.3, 0.4) is 0 Å². The third-order valence-corrected chi connectivity index (χ3v) is 3.89. The molecule has 0 saturated carbocycles. The molecule has 1 atom stereocenters. The lowest BCUT2D eigenvalue weighted by molar-refractivity contribution is -0.139. The molecule has 6 heteroatoms. The summed E-state index contributed by atoms with van der Waals surface area (Å²) in [7, 11) is 0. The van der Waals surface area contributed by atoms with Gasteiger partial charge in [-0.2, -0.15) is 0 Å². The van der Waals surface area contributed by atoms with Crippen LogP contribution in [0.5, 0.6) is 0 Å². The molecule has 0 saturated heterocycles. The number of carbonyl (C=O) groups is 2. The Morgan fingerprint density at radius 3 is 2.32 bits per heavy atom. The molecule has 2 amide bonds. The minimum atomic E-state index is -0.737. The van der Waals surface area contributed by atoms with Crippen molar-refractivity contribution in [3.8, 4) is 0 Å². The maximum absolute atomic E-state index is 11.8. The lowest BCUT2D eigenvalue weighted by Gasteiger charge is -2.10. The van der Waals surface area contributed by atoms with Crippen molar-refractivity contribution in [2.75, 3.05) is 13.1 Å². The van der Waals surface area contributed by atoms with Crippen LogP contribution in [0.25, 0.3) is 0 Å². The Labute approximate surface area is 147 Å². The second-order valence-corrected chi connectivity index (χ2v) is 5.92. The number of hydrogen-bond donors (Lipinski definition) is 3. The van der Waals surface area contributed by atoms with E-state index >= 15 is 0 Å². The van der Waals surface area contributed by atoms with E-state index in [-0.39, 0.29) is 6.54 Å². The van der Waals surface area contributed by atoms with Gasteiger partial charge in [0.25, 0.3) is 0 Å². The van der Waals surface area contributed by atoms with Crippen LogP contribution in [0.1, 0.15) is 35.2 Å². The van der Waals surface area contributed by atoms with Crippen LogP contribution in [0.2, 0.25) is 0 Å². The molecule has 2 aromatic rings. The van der Waals surface area contributed by atoms with Crippen molar-refractivity contribution in [3.05, 3.63) is 59.0 Å². The molecule has 2 rings (SSSR count). The van der Waals surface area contributed by atoms with Gasteiger partial charge in [0, 0.05) is 18.7 Å². The van der Waals surface area contributed by atoms with E-state index in [4.69, 9.17) is 4.42 Å². The summed E-state index contributed by atoms with van der Waals surface area (Å²) in [4.78, 5) is 23.5. The summed E-state index contributed by atoms with van der Waals surface area (Å²) in [5.41, 5.74) is 1.80. The Bertz CT molecular complexity index is 709. The van der Waals surface area contributed by atoms with Crippen LogP contribution in [0.4, 0.5) is 0 Å². The first-order chi connectivity index (χ1) is 12.0. The highest BCUT2D eigenvalue weighted by molar-refractivity contribution is 6.35. The van der Waals surface area contributed by atoms with Crippen molar-refractivity contribution in [3.63, 3.8) is 0 Å². The summed E-state index contributed by atoms with van der Waals surface area (Å²) < 4.78 is 5.37. The number of carbonyl (C=O) groups excluding carboxylic acids is 2. The Morgan fingerprint density at radius 1 is 1.08 bits per heavy atom. The number of aryl methyl sites for hydroxylation is 2. The predicted molar refractivity (Wildman–Crippen MR) is 93.9 cm³/mol. The van der Waals surface area contributed by atoms with E-state index in [9.17, 15) is 14.7 Å². The van der Waals surface area contributed by atoms with Crippen molar-refractivity contribution in [1.29, 1.82) is 0 Å². The maximum atomic E-state index is 11.8. The molecule has 0 unspecified atom stereocenters. The van der Waals surface area contributed by atoms with Gasteiger partial charge in [0.1, 0.15) is 11.5 Å². The minimum Gasteiger partial charge on any atom is -0.466 e. The van der Waals surface area contributed by atoms with Gasteiger partial charge in [-0.05, 0) is 38.3 Å². The molecular formula is C19H24N2O4. The molecule has 0 aliphatic carbocycles. The van der Waals surface area contributed by atoms with Gasteiger partial charge in [0.05, 0.1) is 6.10 Å². The van der Waals surface area contributed by atoms with Crippen molar-refractivity contribution in [2.24, 2.45) is 0 Å². The van der Waals surface area contributed by atoms with Gasteiger partial charge in [-0.25, -0.2) is 0 Å². The summed E-state index contributed by atoms with van der Waals surface area (Å²) in [5, 5.41) is 15.2. The van der Waals surface area contributed by atoms with E-state index in [1.54, 1.807) is 13.0 Å². The Kier molecular flexibility index (Phi) is 6.77. The van der Waals surface area contributed by atoms with Crippen LogP contribution >= 0.6 is 0 Å². The lowest BCUT2D eigenvalue weighted by atomic mass is 10.1. The molecule has 0 fully saturated rings. The van der Waals surface area contributed by atoms with E-state index in [1.165, 1.54) is 0 Å². The molecule has 3 N–H and O–H groups in total. The third-order valence-electron chi connectivity index (χ3n) is 3.89. The van der Waals surface area contributed by atoms with Gasteiger partial charge in [-0.15, -0.1) is 0 Å². The summed E-state index contributed by atoms with van der Waals surface area (Å²) >= 11 is 0. The Hall–Kier alpha value is -2.60. The van der Waals surface area contributed by atoms with Crippen LogP contribution in [0.15, 0.2) is 40.8 Å². The summed E-state index contributed by atoms with van der Waals surface area (Å²) in [6.45, 7) is 4.19. The molecule has 25 heavy (non-hydrogen) atoms. The number of benzene rings is 1. The first kappa shape index (κ1) is 18.7. The van der Waals surface area contributed by atoms with E-state index in [2.05, 4.69) is 10.6 Å². The number of amides is 2. The van der Waals surface area contributed by atoms with E-state index < -0.39 is 17.9 Å². The zero-order valence-electron chi connectivity index (χ0n) is 14.5. The SMILES string of the molecule is Cc1cc([C@H](O)CCNC(=O)C(=O)NCCc2ccccc2)c(C)o1. The standard InChI is InChI=1S/C19H24N2O4/c1-13-12-16(14(2)25-13)17(22)9-11-21-19(24)18(23)20-10-8-15-6-4-3-5-7-15/h3-7,12,17,22H,8-11H2,1-2H3,(H,20,23)(H,21,24)/t17-/m1/s1. The summed E-state index contributed by atoms with van der Waals surface area (Å²) in [6, 6.07) is 11.5. The molecule has 0 aliphatic rings. The number of aliphatic hydroxyl groups is 1. The average molecular weight is 344 g/mol. The fourth-order valence-electron chi connectivity index (χ4n) is 2.58. The molecule has 0 radical (unpaired) electrons. The minimum absolute atomic E-state index is 0.204. The van der Waals surface area contributed by atoms with E-state index in [0.29, 0.717) is 30.7 Å². The zero-order chi connectivity index (χ0) is 18.2. The molecule has 0 bridgehead atoms. The third kappa shape index (κ3) is 5.76. The monoisotopic (exact) mass is 344 g/mol.